The number of nitrogens with one attached hydrogen (secondary N) is 1. The second-order valence-corrected chi connectivity index (χ2v) is 4.64. The molecule has 1 atom stereocenters. The first-order valence-corrected chi connectivity index (χ1v) is 6.07. The molecule has 1 saturated heterocycles. The number of non-ortho nitro benzene ring substituents is 1. The average Bonchev–Trinajstić information content (AvgIpc) is 2.75. The van der Waals surface area contributed by atoms with Crippen molar-refractivity contribution in [2.45, 2.75) is 12.5 Å². The van der Waals surface area contributed by atoms with Crippen LogP contribution < -0.4 is 11.1 Å². The predicted molar refractivity (Wildman–Crippen MR) is 70.8 cm³/mol. The number of hydrogen-bond acceptors (Lipinski definition) is 5. The highest BCUT2D eigenvalue weighted by Crippen LogP contribution is 2.15. The molecule has 0 spiro atoms. The molecule has 0 aliphatic carbocycles. The Balaban J connectivity index is 1.86. The second kappa shape index (κ2) is 5.77. The predicted octanol–water partition coefficient (Wildman–Crippen LogP) is 0.566. The van der Waals surface area contributed by atoms with Gasteiger partial charge in [0.1, 0.15) is 0 Å². The zero-order valence-electron chi connectivity index (χ0n) is 10.4. The summed E-state index contributed by atoms with van der Waals surface area (Å²) in [6.07, 6.45) is 0.908. The summed E-state index contributed by atoms with van der Waals surface area (Å²) in [5.41, 5.74) is 6.32. The fraction of sp³-hybridized carbons (Fsp3) is 0.417. The van der Waals surface area contributed by atoms with E-state index >= 15 is 0 Å². The van der Waals surface area contributed by atoms with E-state index in [2.05, 4.69) is 5.32 Å². The van der Waals surface area contributed by atoms with Crippen LogP contribution in [0, 0.1) is 10.1 Å². The molecule has 1 heterocycles. The quantitative estimate of drug-likeness (QED) is 0.611. The molecule has 0 unspecified atom stereocenters. The number of amides is 1. The Morgan fingerprint density at radius 3 is 2.68 bits per heavy atom. The Bertz CT molecular complexity index is 474. The summed E-state index contributed by atoms with van der Waals surface area (Å²) in [6.45, 7) is 1.85. The van der Waals surface area contributed by atoms with E-state index in [9.17, 15) is 14.9 Å². The van der Waals surface area contributed by atoms with Crippen molar-refractivity contribution in [3.05, 3.63) is 34.4 Å². The third-order valence-electron chi connectivity index (χ3n) is 3.04. The molecule has 19 heavy (non-hydrogen) atoms. The molecule has 0 saturated carbocycles. The molecule has 7 nitrogen and oxygen atoms in total. The van der Waals surface area contributed by atoms with E-state index in [0.29, 0.717) is 12.2 Å². The summed E-state index contributed by atoms with van der Waals surface area (Å²) >= 11 is 0. The molecule has 0 aromatic heterocycles. The van der Waals surface area contributed by atoms with Crippen molar-refractivity contribution < 1.29 is 9.72 Å². The zero-order chi connectivity index (χ0) is 13.8. The van der Waals surface area contributed by atoms with Crippen LogP contribution in [0.3, 0.4) is 0 Å². The molecule has 1 aliphatic heterocycles. The smallest absolute Gasteiger partial charge is 0.269 e. The van der Waals surface area contributed by atoms with Crippen molar-refractivity contribution >= 4 is 17.3 Å². The van der Waals surface area contributed by atoms with Gasteiger partial charge < -0.3 is 11.1 Å². The fourth-order valence-electron chi connectivity index (χ4n) is 2.08. The number of rotatable bonds is 4. The lowest BCUT2D eigenvalue weighted by Crippen LogP contribution is -2.33. The van der Waals surface area contributed by atoms with Crippen molar-refractivity contribution in [3.8, 4) is 0 Å². The van der Waals surface area contributed by atoms with Crippen molar-refractivity contribution in [1.29, 1.82) is 0 Å². The van der Waals surface area contributed by atoms with Gasteiger partial charge in [-0.15, -0.1) is 0 Å². The van der Waals surface area contributed by atoms with Gasteiger partial charge >= 0.3 is 0 Å². The SMILES string of the molecule is N[C@H]1CCN(CC(=O)Nc2ccc([N+](=O)[O-])cc2)C1. The molecule has 2 rings (SSSR count). The van der Waals surface area contributed by atoms with Crippen molar-refractivity contribution in [1.82, 2.24) is 4.90 Å². The van der Waals surface area contributed by atoms with E-state index in [1.807, 2.05) is 4.90 Å². The third kappa shape index (κ3) is 3.73. The van der Waals surface area contributed by atoms with E-state index in [0.717, 1.165) is 19.5 Å². The van der Waals surface area contributed by atoms with Crippen LogP contribution in [-0.4, -0.2) is 41.4 Å². The molecule has 1 aromatic carbocycles. The van der Waals surface area contributed by atoms with Crippen LogP contribution in [0.25, 0.3) is 0 Å². The lowest BCUT2D eigenvalue weighted by molar-refractivity contribution is -0.384. The molecule has 7 heteroatoms. The number of hydrogen-bond donors (Lipinski definition) is 2. The first-order valence-electron chi connectivity index (χ1n) is 6.07. The molecule has 1 amide bonds. The van der Waals surface area contributed by atoms with Crippen molar-refractivity contribution in [3.63, 3.8) is 0 Å². The minimum absolute atomic E-state index is 0.00326. The van der Waals surface area contributed by atoms with Crippen LogP contribution >= 0.6 is 0 Å². The normalized spacial score (nSPS) is 19.3. The lowest BCUT2D eigenvalue weighted by Gasteiger charge is -2.14. The number of nitro groups is 1. The highest BCUT2D eigenvalue weighted by Gasteiger charge is 2.20. The number of carbonyl (C=O) groups is 1. The molecule has 1 aliphatic rings. The summed E-state index contributed by atoms with van der Waals surface area (Å²) in [4.78, 5) is 23.8. The first kappa shape index (κ1) is 13.4. The summed E-state index contributed by atoms with van der Waals surface area (Å²) in [5, 5.41) is 13.2. The van der Waals surface area contributed by atoms with Crippen LogP contribution in [0.1, 0.15) is 6.42 Å². The van der Waals surface area contributed by atoms with Crippen LogP contribution in [0.15, 0.2) is 24.3 Å². The van der Waals surface area contributed by atoms with Crippen LogP contribution in [0.4, 0.5) is 11.4 Å². The maximum absolute atomic E-state index is 11.8. The van der Waals surface area contributed by atoms with Crippen LogP contribution in [-0.2, 0) is 4.79 Å². The molecule has 102 valence electrons. The molecular formula is C12H16N4O3. The highest BCUT2D eigenvalue weighted by atomic mass is 16.6. The van der Waals surface area contributed by atoms with E-state index in [4.69, 9.17) is 5.73 Å². The van der Waals surface area contributed by atoms with Gasteiger partial charge in [-0.25, -0.2) is 0 Å². The van der Waals surface area contributed by atoms with Crippen molar-refractivity contribution in [2.24, 2.45) is 5.73 Å². The van der Waals surface area contributed by atoms with E-state index in [1.54, 1.807) is 0 Å². The number of benzene rings is 1. The summed E-state index contributed by atoms with van der Waals surface area (Å²) in [6, 6.07) is 5.91. The maximum atomic E-state index is 11.8. The Kier molecular flexibility index (Phi) is 4.08. The zero-order valence-corrected chi connectivity index (χ0v) is 10.4. The van der Waals surface area contributed by atoms with Gasteiger partial charge in [0.2, 0.25) is 5.91 Å². The highest BCUT2D eigenvalue weighted by molar-refractivity contribution is 5.92. The molecule has 3 N–H and O–H groups in total. The van der Waals surface area contributed by atoms with Gasteiger partial charge in [0, 0.05) is 37.0 Å². The number of nitro benzene ring substituents is 1. The summed E-state index contributed by atoms with van der Waals surface area (Å²) in [5.74, 6) is -0.136. The number of nitrogens with two attached hydrogens (primary N) is 1. The minimum atomic E-state index is -0.475. The summed E-state index contributed by atoms with van der Waals surface area (Å²) < 4.78 is 0. The molecule has 1 aromatic rings. The Morgan fingerprint density at radius 1 is 1.47 bits per heavy atom. The van der Waals surface area contributed by atoms with E-state index in [-0.39, 0.29) is 17.6 Å². The Hall–Kier alpha value is -1.99. The number of likely N-dealkylation sites (tertiary alicyclic amines) is 1. The average molecular weight is 264 g/mol. The van der Waals surface area contributed by atoms with Gasteiger partial charge in [-0.1, -0.05) is 0 Å². The Morgan fingerprint density at radius 2 is 2.16 bits per heavy atom. The maximum Gasteiger partial charge on any atom is 0.269 e. The first-order chi connectivity index (χ1) is 9.04. The standard InChI is InChI=1S/C12H16N4O3/c13-9-5-6-15(7-9)8-12(17)14-10-1-3-11(4-2-10)16(18)19/h1-4,9H,5-8,13H2,(H,14,17)/t9-/m0/s1. The second-order valence-electron chi connectivity index (χ2n) is 4.64. The van der Waals surface area contributed by atoms with Gasteiger partial charge in [-0.3, -0.25) is 19.8 Å². The van der Waals surface area contributed by atoms with E-state index in [1.165, 1.54) is 24.3 Å². The van der Waals surface area contributed by atoms with Crippen LogP contribution in [0.2, 0.25) is 0 Å². The molecular weight excluding hydrogens is 248 g/mol. The van der Waals surface area contributed by atoms with Gasteiger partial charge in [0.25, 0.3) is 5.69 Å². The van der Waals surface area contributed by atoms with Gasteiger partial charge in [0.15, 0.2) is 0 Å². The topological polar surface area (TPSA) is 102 Å². The largest absolute Gasteiger partial charge is 0.326 e. The van der Waals surface area contributed by atoms with Gasteiger partial charge in [-0.2, -0.15) is 0 Å². The van der Waals surface area contributed by atoms with Crippen LogP contribution in [0.5, 0.6) is 0 Å². The third-order valence-corrected chi connectivity index (χ3v) is 3.04. The van der Waals surface area contributed by atoms with Crippen molar-refractivity contribution in [2.75, 3.05) is 25.0 Å². The number of nitrogens with zero attached hydrogens (tertiary/aromatic N) is 2. The summed E-state index contributed by atoms with van der Waals surface area (Å²) in [7, 11) is 0. The monoisotopic (exact) mass is 264 g/mol. The van der Waals surface area contributed by atoms with Gasteiger partial charge in [0.05, 0.1) is 11.5 Å². The lowest BCUT2D eigenvalue weighted by atomic mass is 10.3. The van der Waals surface area contributed by atoms with E-state index < -0.39 is 4.92 Å². The minimum Gasteiger partial charge on any atom is -0.326 e. The Labute approximate surface area is 110 Å². The number of carbonyl (C=O) groups excluding carboxylic acids is 1. The molecule has 0 bridgehead atoms. The van der Waals surface area contributed by atoms with Gasteiger partial charge in [-0.05, 0) is 18.6 Å². The molecule has 0 radical (unpaired) electrons. The molecule has 1 fully saturated rings. The number of anilines is 1. The fourth-order valence-corrected chi connectivity index (χ4v) is 2.08.